The Balaban J connectivity index is 1.56. The van der Waals surface area contributed by atoms with Gasteiger partial charge < -0.3 is 9.47 Å². The molecule has 0 saturated carbocycles. The Morgan fingerprint density at radius 2 is 1.96 bits per heavy atom. The highest BCUT2D eigenvalue weighted by molar-refractivity contribution is 5.70. The SMILES string of the molecule is CC1(C)COC(C)(C)N1C(=O)OCC1CCCCN1C/C=C/c1ccccc1. The van der Waals surface area contributed by atoms with Gasteiger partial charge >= 0.3 is 6.09 Å². The van der Waals surface area contributed by atoms with Crippen molar-refractivity contribution >= 4 is 12.2 Å². The minimum absolute atomic E-state index is 0.271. The second kappa shape index (κ2) is 8.66. The van der Waals surface area contributed by atoms with Gasteiger partial charge in [0.05, 0.1) is 12.1 Å². The first-order valence-corrected chi connectivity index (χ1v) is 10.4. The summed E-state index contributed by atoms with van der Waals surface area (Å²) in [5.41, 5.74) is 0.220. The lowest BCUT2D eigenvalue weighted by Crippen LogP contribution is -2.53. The third-order valence-corrected chi connectivity index (χ3v) is 5.70. The highest BCUT2D eigenvalue weighted by Crippen LogP contribution is 2.35. The summed E-state index contributed by atoms with van der Waals surface area (Å²) in [5.74, 6) is 0. The van der Waals surface area contributed by atoms with Crippen molar-refractivity contribution < 1.29 is 14.3 Å². The smallest absolute Gasteiger partial charge is 0.412 e. The first kappa shape index (κ1) is 20.9. The third-order valence-electron chi connectivity index (χ3n) is 5.70. The Hall–Kier alpha value is -1.85. The number of likely N-dealkylation sites (tertiary alicyclic amines) is 1. The molecule has 0 bridgehead atoms. The van der Waals surface area contributed by atoms with Crippen molar-refractivity contribution in [2.24, 2.45) is 0 Å². The van der Waals surface area contributed by atoms with Crippen LogP contribution in [0.1, 0.15) is 52.5 Å². The fraction of sp³-hybridized carbons (Fsp3) is 0.609. The van der Waals surface area contributed by atoms with E-state index in [1.54, 1.807) is 4.90 Å². The van der Waals surface area contributed by atoms with E-state index in [4.69, 9.17) is 9.47 Å². The Bertz CT molecular complexity index is 668. The fourth-order valence-electron chi connectivity index (χ4n) is 4.29. The van der Waals surface area contributed by atoms with E-state index in [1.807, 2.05) is 45.9 Å². The van der Waals surface area contributed by atoms with Gasteiger partial charge in [0.15, 0.2) is 0 Å². The van der Waals surface area contributed by atoms with Crippen molar-refractivity contribution in [1.29, 1.82) is 0 Å². The van der Waals surface area contributed by atoms with E-state index in [1.165, 1.54) is 18.4 Å². The molecule has 3 rings (SSSR count). The number of benzene rings is 1. The molecule has 0 radical (unpaired) electrons. The van der Waals surface area contributed by atoms with Crippen LogP contribution in [0.4, 0.5) is 4.79 Å². The minimum Gasteiger partial charge on any atom is -0.448 e. The largest absolute Gasteiger partial charge is 0.448 e. The van der Waals surface area contributed by atoms with Crippen LogP contribution in [0.2, 0.25) is 0 Å². The number of carbonyl (C=O) groups is 1. The summed E-state index contributed by atoms with van der Waals surface area (Å²) in [5, 5.41) is 0. The molecule has 0 aromatic heterocycles. The second-order valence-corrected chi connectivity index (χ2v) is 8.92. The third kappa shape index (κ3) is 4.95. The van der Waals surface area contributed by atoms with Crippen LogP contribution in [0.3, 0.4) is 0 Å². The average molecular weight is 387 g/mol. The van der Waals surface area contributed by atoms with E-state index in [0.29, 0.717) is 13.2 Å². The molecule has 154 valence electrons. The number of rotatable bonds is 5. The summed E-state index contributed by atoms with van der Waals surface area (Å²) in [4.78, 5) is 17.0. The van der Waals surface area contributed by atoms with Crippen molar-refractivity contribution in [2.45, 2.75) is 64.3 Å². The molecular weight excluding hydrogens is 352 g/mol. The molecule has 0 spiro atoms. The molecule has 1 amide bonds. The summed E-state index contributed by atoms with van der Waals surface area (Å²) in [6.45, 7) is 10.8. The monoisotopic (exact) mass is 386 g/mol. The number of nitrogens with zero attached hydrogens (tertiary/aromatic N) is 2. The predicted octanol–water partition coefficient (Wildman–Crippen LogP) is 4.54. The van der Waals surface area contributed by atoms with Crippen LogP contribution in [0.25, 0.3) is 6.08 Å². The fourth-order valence-corrected chi connectivity index (χ4v) is 4.29. The van der Waals surface area contributed by atoms with E-state index in [9.17, 15) is 4.79 Å². The van der Waals surface area contributed by atoms with Gasteiger partial charge in [-0.1, -0.05) is 48.9 Å². The summed E-state index contributed by atoms with van der Waals surface area (Å²) in [7, 11) is 0. The number of piperidine rings is 1. The molecule has 0 aliphatic carbocycles. The van der Waals surface area contributed by atoms with Crippen molar-refractivity contribution in [3.63, 3.8) is 0 Å². The maximum absolute atomic E-state index is 12.8. The lowest BCUT2D eigenvalue weighted by atomic mass is 10.0. The zero-order chi connectivity index (χ0) is 20.2. The molecule has 2 saturated heterocycles. The van der Waals surface area contributed by atoms with Gasteiger partial charge in [0.25, 0.3) is 0 Å². The predicted molar refractivity (Wildman–Crippen MR) is 112 cm³/mol. The summed E-state index contributed by atoms with van der Waals surface area (Å²) in [6.07, 6.45) is 7.53. The van der Waals surface area contributed by atoms with Crippen LogP contribution in [0.15, 0.2) is 36.4 Å². The Morgan fingerprint density at radius 1 is 1.21 bits per heavy atom. The molecule has 1 atom stereocenters. The summed E-state index contributed by atoms with van der Waals surface area (Å²) in [6, 6.07) is 10.6. The standard InChI is InChI=1S/C23H34N2O3/c1-22(2)18-28-23(3,4)25(22)21(26)27-17-20-14-8-9-15-24(20)16-10-13-19-11-6-5-7-12-19/h5-7,10-13,20H,8-9,14-18H2,1-4H3/b13-10+. The lowest BCUT2D eigenvalue weighted by molar-refractivity contribution is -0.0555. The van der Waals surface area contributed by atoms with Crippen LogP contribution < -0.4 is 0 Å². The van der Waals surface area contributed by atoms with E-state index in [-0.39, 0.29) is 17.7 Å². The molecule has 1 aromatic rings. The molecule has 1 unspecified atom stereocenters. The molecule has 5 heteroatoms. The second-order valence-electron chi connectivity index (χ2n) is 8.92. The van der Waals surface area contributed by atoms with Gasteiger partial charge in [-0.15, -0.1) is 0 Å². The van der Waals surface area contributed by atoms with Gasteiger partial charge in [-0.25, -0.2) is 4.79 Å². The first-order valence-electron chi connectivity index (χ1n) is 10.4. The zero-order valence-electron chi connectivity index (χ0n) is 17.7. The highest BCUT2D eigenvalue weighted by Gasteiger charge is 2.49. The maximum Gasteiger partial charge on any atom is 0.412 e. The highest BCUT2D eigenvalue weighted by atomic mass is 16.6. The maximum atomic E-state index is 12.8. The van der Waals surface area contributed by atoms with Gasteiger partial charge in [0, 0.05) is 12.6 Å². The summed E-state index contributed by atoms with van der Waals surface area (Å²) < 4.78 is 11.6. The van der Waals surface area contributed by atoms with E-state index < -0.39 is 5.72 Å². The molecule has 0 N–H and O–H groups in total. The molecule has 2 aliphatic rings. The van der Waals surface area contributed by atoms with Gasteiger partial charge in [-0.05, 0) is 52.6 Å². The van der Waals surface area contributed by atoms with Gasteiger partial charge in [-0.3, -0.25) is 9.80 Å². The van der Waals surface area contributed by atoms with Gasteiger partial charge in [0.1, 0.15) is 12.3 Å². The molecule has 5 nitrogen and oxygen atoms in total. The minimum atomic E-state index is -0.634. The number of carbonyl (C=O) groups excluding carboxylic acids is 1. The zero-order valence-corrected chi connectivity index (χ0v) is 17.7. The average Bonchev–Trinajstić information content (AvgIpc) is 2.89. The van der Waals surface area contributed by atoms with Crippen LogP contribution in [-0.4, -0.2) is 59.5 Å². The van der Waals surface area contributed by atoms with Crippen LogP contribution >= 0.6 is 0 Å². The normalized spacial score (nSPS) is 24.6. The Kier molecular flexibility index (Phi) is 6.46. The molecule has 2 aliphatic heterocycles. The number of hydrogen-bond donors (Lipinski definition) is 0. The van der Waals surface area contributed by atoms with E-state index >= 15 is 0 Å². The van der Waals surface area contributed by atoms with Crippen LogP contribution in [-0.2, 0) is 9.47 Å². The van der Waals surface area contributed by atoms with Crippen molar-refractivity contribution in [3.8, 4) is 0 Å². The number of amides is 1. The van der Waals surface area contributed by atoms with Gasteiger partial charge in [-0.2, -0.15) is 0 Å². The van der Waals surface area contributed by atoms with Crippen molar-refractivity contribution in [1.82, 2.24) is 9.80 Å². The number of ether oxygens (including phenoxy) is 2. The summed E-state index contributed by atoms with van der Waals surface area (Å²) >= 11 is 0. The van der Waals surface area contributed by atoms with Crippen molar-refractivity contribution in [3.05, 3.63) is 42.0 Å². The molecule has 2 fully saturated rings. The molecule has 2 heterocycles. The van der Waals surface area contributed by atoms with Gasteiger partial charge in [0.2, 0.25) is 0 Å². The van der Waals surface area contributed by atoms with Crippen LogP contribution in [0, 0.1) is 0 Å². The molecular formula is C23H34N2O3. The molecule has 1 aromatic carbocycles. The van der Waals surface area contributed by atoms with Crippen LogP contribution in [0.5, 0.6) is 0 Å². The topological polar surface area (TPSA) is 42.0 Å². The molecule has 28 heavy (non-hydrogen) atoms. The Morgan fingerprint density at radius 3 is 2.64 bits per heavy atom. The first-order chi connectivity index (χ1) is 13.3. The quantitative estimate of drug-likeness (QED) is 0.745. The lowest BCUT2D eigenvalue weighted by Gasteiger charge is -2.38. The van der Waals surface area contributed by atoms with E-state index in [0.717, 1.165) is 19.5 Å². The Labute approximate surface area is 169 Å². The number of hydrogen-bond acceptors (Lipinski definition) is 4. The van der Waals surface area contributed by atoms with Crippen molar-refractivity contribution in [2.75, 3.05) is 26.3 Å². The van der Waals surface area contributed by atoms with E-state index in [2.05, 4.69) is 29.2 Å².